The van der Waals surface area contributed by atoms with Crippen LogP contribution in [-0.4, -0.2) is 23.5 Å². The molecule has 0 spiro atoms. The molecule has 0 saturated carbocycles. The van der Waals surface area contributed by atoms with Crippen molar-refractivity contribution in [2.75, 3.05) is 17.2 Å². The van der Waals surface area contributed by atoms with Gasteiger partial charge in [0, 0.05) is 17.3 Å². The van der Waals surface area contributed by atoms with Gasteiger partial charge in [-0.15, -0.1) is 0 Å². The number of amides is 3. The van der Waals surface area contributed by atoms with Gasteiger partial charge in [-0.25, -0.2) is 4.79 Å². The maximum absolute atomic E-state index is 12.1. The Balaban J connectivity index is 1.56. The first kappa shape index (κ1) is 16.4. The molecule has 0 saturated heterocycles. The Labute approximate surface area is 145 Å². The van der Waals surface area contributed by atoms with Crippen molar-refractivity contribution in [2.45, 2.75) is 6.92 Å². The number of aryl methyl sites for hydroxylation is 1. The molecule has 0 unspecified atom stereocenters. The van der Waals surface area contributed by atoms with Crippen LogP contribution < -0.4 is 16.0 Å². The largest absolute Gasteiger partial charge is 0.329 e. The highest BCUT2D eigenvalue weighted by molar-refractivity contribution is 6.03. The predicted molar refractivity (Wildman–Crippen MR) is 98.6 cm³/mol. The van der Waals surface area contributed by atoms with E-state index in [1.807, 2.05) is 49.4 Å². The Morgan fingerprint density at radius 2 is 1.84 bits per heavy atom. The highest BCUT2D eigenvalue weighted by Crippen LogP contribution is 2.20. The fraction of sp³-hybridized carbons (Fsp3) is 0.105. The summed E-state index contributed by atoms with van der Waals surface area (Å²) in [4.78, 5) is 28.2. The first-order valence-electron chi connectivity index (χ1n) is 7.87. The maximum Gasteiger partial charge on any atom is 0.319 e. The molecule has 0 aliphatic rings. The topological polar surface area (TPSA) is 83.1 Å². The van der Waals surface area contributed by atoms with Crippen LogP contribution in [0.4, 0.5) is 16.2 Å². The van der Waals surface area contributed by atoms with E-state index in [0.29, 0.717) is 11.4 Å². The molecule has 6 nitrogen and oxygen atoms in total. The van der Waals surface area contributed by atoms with E-state index in [1.54, 1.807) is 18.3 Å². The second-order valence-corrected chi connectivity index (χ2v) is 5.60. The SMILES string of the molecule is Cc1cccc(NC(=O)NCC(=O)Nc2cccc3ncccc23)c1. The zero-order chi connectivity index (χ0) is 17.6. The Bertz CT molecular complexity index is 919. The van der Waals surface area contributed by atoms with Gasteiger partial charge in [0.05, 0.1) is 17.7 Å². The van der Waals surface area contributed by atoms with Crippen molar-refractivity contribution >= 4 is 34.2 Å². The van der Waals surface area contributed by atoms with Gasteiger partial charge in [-0.3, -0.25) is 9.78 Å². The lowest BCUT2D eigenvalue weighted by atomic mass is 10.2. The second kappa shape index (κ2) is 7.44. The van der Waals surface area contributed by atoms with Crippen LogP contribution in [0.5, 0.6) is 0 Å². The van der Waals surface area contributed by atoms with Gasteiger partial charge >= 0.3 is 6.03 Å². The van der Waals surface area contributed by atoms with Crippen molar-refractivity contribution in [3.05, 3.63) is 66.4 Å². The molecule has 6 heteroatoms. The molecule has 2 aromatic carbocycles. The molecule has 25 heavy (non-hydrogen) atoms. The molecule has 3 N–H and O–H groups in total. The Morgan fingerprint density at radius 3 is 2.68 bits per heavy atom. The molecule has 3 aromatic rings. The lowest BCUT2D eigenvalue weighted by molar-refractivity contribution is -0.115. The summed E-state index contributed by atoms with van der Waals surface area (Å²) in [5, 5.41) is 8.87. The summed E-state index contributed by atoms with van der Waals surface area (Å²) in [6.07, 6.45) is 1.70. The standard InChI is InChI=1S/C19H18N4O2/c1-13-5-2-6-14(11-13)22-19(25)21-12-18(24)23-17-9-3-8-16-15(17)7-4-10-20-16/h2-11H,12H2,1H3,(H,23,24)(H2,21,22,25). The fourth-order valence-corrected chi connectivity index (χ4v) is 2.47. The van der Waals surface area contributed by atoms with E-state index >= 15 is 0 Å². The van der Waals surface area contributed by atoms with Crippen molar-refractivity contribution in [1.82, 2.24) is 10.3 Å². The van der Waals surface area contributed by atoms with Crippen molar-refractivity contribution in [1.29, 1.82) is 0 Å². The number of fused-ring (bicyclic) bond motifs is 1. The lowest BCUT2D eigenvalue weighted by Crippen LogP contribution is -2.35. The molecule has 3 rings (SSSR count). The zero-order valence-corrected chi connectivity index (χ0v) is 13.7. The average Bonchev–Trinajstić information content (AvgIpc) is 2.60. The quantitative estimate of drug-likeness (QED) is 0.684. The van der Waals surface area contributed by atoms with E-state index in [-0.39, 0.29) is 12.5 Å². The molecule has 0 atom stereocenters. The molecular weight excluding hydrogens is 316 g/mol. The highest BCUT2D eigenvalue weighted by atomic mass is 16.2. The molecular formula is C19H18N4O2. The van der Waals surface area contributed by atoms with Gasteiger partial charge in [-0.1, -0.05) is 18.2 Å². The first-order valence-corrected chi connectivity index (χ1v) is 7.87. The number of aromatic nitrogens is 1. The predicted octanol–water partition coefficient (Wildman–Crippen LogP) is 3.30. The summed E-state index contributed by atoms with van der Waals surface area (Å²) < 4.78 is 0. The molecule has 3 amide bonds. The molecule has 1 aromatic heterocycles. The summed E-state index contributed by atoms with van der Waals surface area (Å²) in [5.41, 5.74) is 3.18. The Kier molecular flexibility index (Phi) is 4.89. The van der Waals surface area contributed by atoms with Crippen LogP contribution in [-0.2, 0) is 4.79 Å². The van der Waals surface area contributed by atoms with Crippen LogP contribution in [0.3, 0.4) is 0 Å². The number of anilines is 2. The summed E-state index contributed by atoms with van der Waals surface area (Å²) in [5.74, 6) is -0.309. The first-order chi connectivity index (χ1) is 12.1. The third-order valence-corrected chi connectivity index (χ3v) is 3.61. The summed E-state index contributed by atoms with van der Waals surface area (Å²) in [6, 6.07) is 16.2. The zero-order valence-electron chi connectivity index (χ0n) is 13.7. The van der Waals surface area contributed by atoms with Crippen LogP contribution >= 0.6 is 0 Å². The summed E-state index contributed by atoms with van der Waals surface area (Å²) in [6.45, 7) is 1.81. The Hall–Kier alpha value is -3.41. The average molecular weight is 334 g/mol. The number of nitrogens with zero attached hydrogens (tertiary/aromatic N) is 1. The van der Waals surface area contributed by atoms with Crippen LogP contribution in [0.1, 0.15) is 5.56 Å². The normalized spacial score (nSPS) is 10.3. The molecule has 0 aliphatic heterocycles. The van der Waals surface area contributed by atoms with Crippen LogP contribution in [0, 0.1) is 6.92 Å². The van der Waals surface area contributed by atoms with E-state index in [0.717, 1.165) is 16.5 Å². The number of nitrogens with one attached hydrogen (secondary N) is 3. The number of hydrogen-bond donors (Lipinski definition) is 3. The van der Waals surface area contributed by atoms with E-state index in [9.17, 15) is 9.59 Å². The minimum Gasteiger partial charge on any atom is -0.329 e. The van der Waals surface area contributed by atoms with Gasteiger partial charge in [0.25, 0.3) is 0 Å². The number of carbonyl (C=O) groups is 2. The highest BCUT2D eigenvalue weighted by Gasteiger charge is 2.08. The van der Waals surface area contributed by atoms with Crippen molar-refractivity contribution in [2.24, 2.45) is 0 Å². The van der Waals surface area contributed by atoms with Gasteiger partial charge in [0.1, 0.15) is 0 Å². The molecule has 1 heterocycles. The molecule has 126 valence electrons. The van der Waals surface area contributed by atoms with E-state index in [1.165, 1.54) is 0 Å². The van der Waals surface area contributed by atoms with E-state index in [2.05, 4.69) is 20.9 Å². The van der Waals surface area contributed by atoms with Crippen LogP contribution in [0.15, 0.2) is 60.8 Å². The third-order valence-electron chi connectivity index (χ3n) is 3.61. The van der Waals surface area contributed by atoms with Gasteiger partial charge in [0.15, 0.2) is 0 Å². The monoisotopic (exact) mass is 334 g/mol. The molecule has 0 fully saturated rings. The smallest absolute Gasteiger partial charge is 0.319 e. The maximum atomic E-state index is 12.1. The molecule has 0 aliphatic carbocycles. The number of pyridine rings is 1. The van der Waals surface area contributed by atoms with E-state index in [4.69, 9.17) is 0 Å². The number of benzene rings is 2. The van der Waals surface area contributed by atoms with Crippen LogP contribution in [0.25, 0.3) is 10.9 Å². The van der Waals surface area contributed by atoms with Gasteiger partial charge in [0.2, 0.25) is 5.91 Å². The van der Waals surface area contributed by atoms with Gasteiger partial charge in [-0.05, 0) is 48.9 Å². The minimum atomic E-state index is -0.430. The number of urea groups is 1. The van der Waals surface area contributed by atoms with Crippen LogP contribution in [0.2, 0.25) is 0 Å². The Morgan fingerprint density at radius 1 is 1.00 bits per heavy atom. The third kappa shape index (κ3) is 4.32. The van der Waals surface area contributed by atoms with Gasteiger partial charge in [-0.2, -0.15) is 0 Å². The van der Waals surface area contributed by atoms with Crippen molar-refractivity contribution in [3.63, 3.8) is 0 Å². The number of hydrogen-bond acceptors (Lipinski definition) is 3. The van der Waals surface area contributed by atoms with E-state index < -0.39 is 6.03 Å². The number of carbonyl (C=O) groups excluding carboxylic acids is 2. The van der Waals surface area contributed by atoms with Crippen molar-refractivity contribution in [3.8, 4) is 0 Å². The summed E-state index contributed by atoms with van der Waals surface area (Å²) >= 11 is 0. The number of rotatable bonds is 4. The molecule has 0 radical (unpaired) electrons. The minimum absolute atomic E-state index is 0.131. The fourth-order valence-electron chi connectivity index (χ4n) is 2.47. The van der Waals surface area contributed by atoms with Crippen molar-refractivity contribution < 1.29 is 9.59 Å². The van der Waals surface area contributed by atoms with Gasteiger partial charge < -0.3 is 16.0 Å². The second-order valence-electron chi connectivity index (χ2n) is 5.60. The lowest BCUT2D eigenvalue weighted by Gasteiger charge is -2.10. The summed E-state index contributed by atoms with van der Waals surface area (Å²) in [7, 11) is 0. The molecule has 0 bridgehead atoms.